The Morgan fingerprint density at radius 1 is 1.33 bits per heavy atom. The summed E-state index contributed by atoms with van der Waals surface area (Å²) >= 11 is 0. The van der Waals surface area contributed by atoms with Crippen LogP contribution in [0.5, 0.6) is 0 Å². The van der Waals surface area contributed by atoms with Crippen LogP contribution < -0.4 is 5.32 Å². The van der Waals surface area contributed by atoms with Crippen LogP contribution in [0.25, 0.3) is 0 Å². The first kappa shape index (κ1) is 16.2. The maximum Gasteiger partial charge on any atom is 0.341 e. The van der Waals surface area contributed by atoms with E-state index in [2.05, 4.69) is 12.2 Å². The topological polar surface area (TPSA) is 55.4 Å². The molecule has 7 heteroatoms. The lowest BCUT2D eigenvalue weighted by atomic mass is 10.0. The molecule has 1 N–H and O–H groups in total. The predicted molar refractivity (Wildman–Crippen MR) is 76.3 cm³/mol. The fourth-order valence-corrected chi connectivity index (χ4v) is 3.10. The molecule has 0 amide bonds. The molecule has 1 saturated heterocycles. The van der Waals surface area contributed by atoms with Crippen molar-refractivity contribution in [2.75, 3.05) is 11.9 Å². The smallest absolute Gasteiger partial charge is 0.341 e. The molecule has 0 spiro atoms. The van der Waals surface area contributed by atoms with Crippen molar-refractivity contribution < 1.29 is 21.9 Å². The highest BCUT2D eigenvalue weighted by Gasteiger charge is 2.26. The molecule has 0 aliphatic carbocycles. The van der Waals surface area contributed by atoms with Crippen LogP contribution in [-0.2, 0) is 14.6 Å². The molecule has 2 atom stereocenters. The van der Waals surface area contributed by atoms with Gasteiger partial charge in [0.1, 0.15) is 0 Å². The van der Waals surface area contributed by atoms with Crippen LogP contribution in [0, 0.1) is 0 Å². The number of halogens is 2. The van der Waals surface area contributed by atoms with E-state index in [0.29, 0.717) is 6.61 Å². The van der Waals surface area contributed by atoms with Crippen molar-refractivity contribution in [1.82, 2.24) is 0 Å². The van der Waals surface area contributed by atoms with Crippen molar-refractivity contribution in [2.45, 2.75) is 49.0 Å². The van der Waals surface area contributed by atoms with E-state index in [9.17, 15) is 17.2 Å². The highest BCUT2D eigenvalue weighted by molar-refractivity contribution is 7.91. The number of hydrogen-bond acceptors (Lipinski definition) is 4. The number of alkyl halides is 2. The Morgan fingerprint density at radius 2 is 2.00 bits per heavy atom. The first-order valence-electron chi connectivity index (χ1n) is 6.93. The van der Waals surface area contributed by atoms with E-state index in [0.717, 1.165) is 24.9 Å². The molecule has 4 nitrogen and oxygen atoms in total. The van der Waals surface area contributed by atoms with Crippen molar-refractivity contribution in [3.63, 3.8) is 0 Å². The van der Waals surface area contributed by atoms with Crippen molar-refractivity contribution in [3.8, 4) is 0 Å². The Bertz CT molecular complexity index is 560. The van der Waals surface area contributed by atoms with Gasteiger partial charge in [0.05, 0.1) is 11.0 Å². The van der Waals surface area contributed by atoms with Crippen LogP contribution in [0.2, 0.25) is 0 Å². The standard InChI is InChI=1S/C14H19F2NO3S/c1-2-12-9-11(7-8-20-12)17-10-3-5-13(6-4-10)21(18,19)14(15)16/h3-6,11-12,14,17H,2,7-9H2,1H3. The van der Waals surface area contributed by atoms with Gasteiger partial charge in [0, 0.05) is 18.3 Å². The van der Waals surface area contributed by atoms with Crippen molar-refractivity contribution >= 4 is 15.5 Å². The summed E-state index contributed by atoms with van der Waals surface area (Å²) in [5, 5.41) is 3.29. The summed E-state index contributed by atoms with van der Waals surface area (Å²) in [6.07, 6.45) is 2.93. The van der Waals surface area contributed by atoms with Gasteiger partial charge in [-0.2, -0.15) is 8.78 Å². The summed E-state index contributed by atoms with van der Waals surface area (Å²) in [6, 6.07) is 5.71. The highest BCUT2D eigenvalue weighted by Crippen LogP contribution is 2.23. The molecule has 21 heavy (non-hydrogen) atoms. The molecule has 118 valence electrons. The maximum absolute atomic E-state index is 12.4. The molecule has 0 aromatic heterocycles. The summed E-state index contributed by atoms with van der Waals surface area (Å²) in [5.41, 5.74) is 0.727. The highest BCUT2D eigenvalue weighted by atomic mass is 32.2. The van der Waals surface area contributed by atoms with Gasteiger partial charge in [0.25, 0.3) is 0 Å². The molecule has 1 aliphatic heterocycles. The number of sulfone groups is 1. The monoisotopic (exact) mass is 319 g/mol. The van der Waals surface area contributed by atoms with Crippen molar-refractivity contribution in [3.05, 3.63) is 24.3 Å². The number of benzene rings is 1. The molecular weight excluding hydrogens is 300 g/mol. The summed E-state index contributed by atoms with van der Waals surface area (Å²) in [4.78, 5) is -0.360. The van der Waals surface area contributed by atoms with E-state index in [-0.39, 0.29) is 17.0 Å². The second kappa shape index (κ2) is 6.70. The van der Waals surface area contributed by atoms with Crippen LogP contribution in [0.4, 0.5) is 14.5 Å². The van der Waals surface area contributed by atoms with Gasteiger partial charge < -0.3 is 10.1 Å². The Hall–Kier alpha value is -1.21. The van der Waals surface area contributed by atoms with Gasteiger partial charge in [-0.25, -0.2) is 8.42 Å². The molecule has 0 radical (unpaired) electrons. The van der Waals surface area contributed by atoms with Gasteiger partial charge in [-0.1, -0.05) is 6.92 Å². The van der Waals surface area contributed by atoms with Gasteiger partial charge in [-0.05, 0) is 43.5 Å². The van der Waals surface area contributed by atoms with Crippen LogP contribution >= 0.6 is 0 Å². The zero-order chi connectivity index (χ0) is 15.5. The minimum absolute atomic E-state index is 0.231. The van der Waals surface area contributed by atoms with Gasteiger partial charge in [-0.3, -0.25) is 0 Å². The Balaban J connectivity index is 2.03. The van der Waals surface area contributed by atoms with Gasteiger partial charge in [0.15, 0.2) is 0 Å². The van der Waals surface area contributed by atoms with E-state index in [1.165, 1.54) is 24.3 Å². The van der Waals surface area contributed by atoms with Crippen LogP contribution in [0.15, 0.2) is 29.2 Å². The van der Waals surface area contributed by atoms with Gasteiger partial charge >= 0.3 is 5.76 Å². The van der Waals surface area contributed by atoms with Crippen molar-refractivity contribution in [2.24, 2.45) is 0 Å². The van der Waals surface area contributed by atoms with E-state index in [1.807, 2.05) is 0 Å². The second-order valence-electron chi connectivity index (χ2n) is 5.10. The summed E-state index contributed by atoms with van der Waals surface area (Å²) in [5.74, 6) is -3.39. The van der Waals surface area contributed by atoms with Gasteiger partial charge in [0.2, 0.25) is 9.84 Å². The zero-order valence-corrected chi connectivity index (χ0v) is 12.6. The number of ether oxygens (including phenoxy) is 1. The Kier molecular flexibility index (Phi) is 5.16. The number of nitrogens with one attached hydrogen (secondary N) is 1. The molecule has 0 bridgehead atoms. The van der Waals surface area contributed by atoms with E-state index < -0.39 is 15.6 Å². The summed E-state index contributed by atoms with van der Waals surface area (Å²) in [6.45, 7) is 2.76. The summed E-state index contributed by atoms with van der Waals surface area (Å²) in [7, 11) is -4.52. The molecule has 1 aromatic carbocycles. The average molecular weight is 319 g/mol. The number of anilines is 1. The fraction of sp³-hybridized carbons (Fsp3) is 0.571. The average Bonchev–Trinajstić information content (AvgIpc) is 2.48. The first-order chi connectivity index (χ1) is 9.93. The Labute approximate surface area is 123 Å². The number of rotatable bonds is 5. The van der Waals surface area contributed by atoms with Crippen molar-refractivity contribution in [1.29, 1.82) is 0 Å². The molecule has 1 fully saturated rings. The molecule has 2 unspecified atom stereocenters. The van der Waals surface area contributed by atoms with Gasteiger partial charge in [-0.15, -0.1) is 0 Å². The normalized spacial score (nSPS) is 23.2. The second-order valence-corrected chi connectivity index (χ2v) is 7.01. The summed E-state index contributed by atoms with van der Waals surface area (Å²) < 4.78 is 53.1. The Morgan fingerprint density at radius 3 is 2.57 bits per heavy atom. The zero-order valence-electron chi connectivity index (χ0n) is 11.8. The molecular formula is C14H19F2NO3S. The third-order valence-electron chi connectivity index (χ3n) is 3.61. The van der Waals surface area contributed by atoms with Crippen LogP contribution in [0.1, 0.15) is 26.2 Å². The van der Waals surface area contributed by atoms with E-state index in [1.54, 1.807) is 0 Å². The maximum atomic E-state index is 12.4. The quantitative estimate of drug-likeness (QED) is 0.906. The molecule has 1 aliphatic rings. The lowest BCUT2D eigenvalue weighted by Gasteiger charge is -2.30. The van der Waals surface area contributed by atoms with E-state index in [4.69, 9.17) is 4.74 Å². The first-order valence-corrected chi connectivity index (χ1v) is 8.48. The largest absolute Gasteiger partial charge is 0.382 e. The van der Waals surface area contributed by atoms with Crippen LogP contribution in [-0.4, -0.2) is 32.9 Å². The van der Waals surface area contributed by atoms with Crippen LogP contribution in [0.3, 0.4) is 0 Å². The molecule has 1 heterocycles. The SMILES string of the molecule is CCC1CC(Nc2ccc(S(=O)(=O)C(F)F)cc2)CCO1. The number of hydrogen-bond donors (Lipinski definition) is 1. The lowest BCUT2D eigenvalue weighted by molar-refractivity contribution is 0.00925. The molecule has 1 aromatic rings. The minimum Gasteiger partial charge on any atom is -0.382 e. The minimum atomic E-state index is -4.52. The fourth-order valence-electron chi connectivity index (χ4n) is 2.38. The van der Waals surface area contributed by atoms with E-state index >= 15 is 0 Å². The lowest BCUT2D eigenvalue weighted by Crippen LogP contribution is -2.33. The molecule has 0 saturated carbocycles. The molecule has 2 rings (SSSR count). The third kappa shape index (κ3) is 3.91. The third-order valence-corrected chi connectivity index (χ3v) is 5.01. The predicted octanol–water partition coefficient (Wildman–Crippen LogP) is 3.05.